The summed E-state index contributed by atoms with van der Waals surface area (Å²) in [7, 11) is 0. The zero-order valence-corrected chi connectivity index (χ0v) is 12.2. The summed E-state index contributed by atoms with van der Waals surface area (Å²) in [5.74, 6) is 1.81. The summed E-state index contributed by atoms with van der Waals surface area (Å²) in [4.78, 5) is 23.4. The largest absolute Gasteiger partial charge is 0.459 e. The second kappa shape index (κ2) is 7.35. The van der Waals surface area contributed by atoms with Crippen LogP contribution in [0, 0.1) is 6.92 Å². The van der Waals surface area contributed by atoms with Crippen LogP contribution in [0.3, 0.4) is 0 Å². The first-order valence-electron chi connectivity index (χ1n) is 6.59. The van der Waals surface area contributed by atoms with Crippen molar-refractivity contribution in [1.82, 2.24) is 16.0 Å². The molecule has 1 fully saturated rings. The molecule has 0 aromatic carbocycles. The van der Waals surface area contributed by atoms with Crippen LogP contribution in [-0.4, -0.2) is 42.6 Å². The minimum Gasteiger partial charge on any atom is -0.459 e. The molecule has 0 saturated carbocycles. The van der Waals surface area contributed by atoms with E-state index in [0.717, 1.165) is 17.2 Å². The maximum atomic E-state index is 11.7. The predicted molar refractivity (Wildman–Crippen MR) is 77.7 cm³/mol. The quantitative estimate of drug-likeness (QED) is 0.666. The Kier molecular flexibility index (Phi) is 5.49. The van der Waals surface area contributed by atoms with E-state index in [9.17, 15) is 9.59 Å². The molecule has 1 saturated heterocycles. The molecule has 2 heterocycles. The minimum absolute atomic E-state index is 0.0307. The van der Waals surface area contributed by atoms with Crippen LogP contribution in [0.2, 0.25) is 0 Å². The third-order valence-electron chi connectivity index (χ3n) is 3.04. The topological polar surface area (TPSA) is 83.4 Å². The number of nitrogens with one attached hydrogen (secondary N) is 3. The normalized spacial score (nSPS) is 17.9. The first kappa shape index (κ1) is 14.9. The fraction of sp³-hybridized carbons (Fsp3) is 0.538. The Labute approximate surface area is 122 Å². The highest BCUT2D eigenvalue weighted by Crippen LogP contribution is 2.09. The molecule has 0 radical (unpaired) electrons. The van der Waals surface area contributed by atoms with Gasteiger partial charge in [-0.15, -0.1) is 11.8 Å². The van der Waals surface area contributed by atoms with Gasteiger partial charge in [-0.1, -0.05) is 0 Å². The molecule has 0 aliphatic carbocycles. The van der Waals surface area contributed by atoms with Gasteiger partial charge in [0.05, 0.1) is 12.3 Å². The Balaban J connectivity index is 1.58. The van der Waals surface area contributed by atoms with E-state index in [0.29, 0.717) is 25.3 Å². The Bertz CT molecular complexity index is 469. The van der Waals surface area contributed by atoms with E-state index in [1.54, 1.807) is 17.8 Å². The molecule has 1 aromatic rings. The van der Waals surface area contributed by atoms with Gasteiger partial charge in [0.15, 0.2) is 5.76 Å². The van der Waals surface area contributed by atoms with Crippen LogP contribution in [0.15, 0.2) is 16.7 Å². The summed E-state index contributed by atoms with van der Waals surface area (Å²) in [6.07, 6.45) is 2.19. The predicted octanol–water partition coefficient (Wildman–Crippen LogP) is 0.487. The first-order valence-corrected chi connectivity index (χ1v) is 7.75. The summed E-state index contributed by atoms with van der Waals surface area (Å²) in [5, 5.41) is 8.73. The number of carbonyl (C=O) groups is 2. The van der Waals surface area contributed by atoms with Crippen molar-refractivity contribution in [2.45, 2.75) is 19.4 Å². The highest BCUT2D eigenvalue weighted by Gasteiger charge is 2.21. The van der Waals surface area contributed by atoms with Crippen molar-refractivity contribution in [2.24, 2.45) is 0 Å². The monoisotopic (exact) mass is 297 g/mol. The second-order valence-electron chi connectivity index (χ2n) is 4.61. The lowest BCUT2D eigenvalue weighted by Crippen LogP contribution is -2.42. The summed E-state index contributed by atoms with van der Waals surface area (Å²) < 4.78 is 5.10. The molecular weight excluding hydrogens is 278 g/mol. The molecule has 6 nitrogen and oxygen atoms in total. The zero-order chi connectivity index (χ0) is 14.4. The minimum atomic E-state index is -0.215. The summed E-state index contributed by atoms with van der Waals surface area (Å²) >= 11 is 1.72. The summed E-state index contributed by atoms with van der Waals surface area (Å²) in [6.45, 7) is 2.89. The van der Waals surface area contributed by atoms with E-state index < -0.39 is 0 Å². The van der Waals surface area contributed by atoms with Crippen molar-refractivity contribution in [3.63, 3.8) is 0 Å². The molecule has 1 aliphatic rings. The number of carbonyl (C=O) groups excluding carboxylic acids is 2. The van der Waals surface area contributed by atoms with Gasteiger partial charge < -0.3 is 15.1 Å². The van der Waals surface area contributed by atoms with Crippen molar-refractivity contribution in [1.29, 1.82) is 0 Å². The lowest BCUT2D eigenvalue weighted by atomic mass is 10.2. The summed E-state index contributed by atoms with van der Waals surface area (Å²) in [6, 6.07) is 1.67. The smallest absolute Gasteiger partial charge is 0.287 e. The van der Waals surface area contributed by atoms with E-state index >= 15 is 0 Å². The van der Waals surface area contributed by atoms with Gasteiger partial charge in [0.2, 0.25) is 5.91 Å². The molecule has 3 N–H and O–H groups in total. The van der Waals surface area contributed by atoms with Crippen molar-refractivity contribution < 1.29 is 14.0 Å². The second-order valence-corrected chi connectivity index (χ2v) is 5.64. The fourth-order valence-corrected chi connectivity index (χ4v) is 2.82. The highest BCUT2D eigenvalue weighted by atomic mass is 32.2. The molecule has 20 heavy (non-hydrogen) atoms. The lowest BCUT2D eigenvalue weighted by Gasteiger charge is -2.10. The fourth-order valence-electron chi connectivity index (χ4n) is 1.87. The molecule has 0 spiro atoms. The van der Waals surface area contributed by atoms with Crippen LogP contribution < -0.4 is 16.0 Å². The maximum absolute atomic E-state index is 11.7. The Morgan fingerprint density at radius 1 is 1.45 bits per heavy atom. The molecule has 2 amide bonds. The lowest BCUT2D eigenvalue weighted by molar-refractivity contribution is -0.122. The van der Waals surface area contributed by atoms with Crippen molar-refractivity contribution >= 4 is 23.6 Å². The van der Waals surface area contributed by atoms with Crippen LogP contribution in [0.4, 0.5) is 0 Å². The summed E-state index contributed by atoms with van der Waals surface area (Å²) in [5.41, 5.74) is 0.820. The van der Waals surface area contributed by atoms with Gasteiger partial charge >= 0.3 is 0 Å². The number of aryl methyl sites for hydroxylation is 1. The van der Waals surface area contributed by atoms with Crippen LogP contribution in [0.5, 0.6) is 0 Å². The van der Waals surface area contributed by atoms with Crippen LogP contribution in [0.1, 0.15) is 22.5 Å². The number of hydrogen-bond acceptors (Lipinski definition) is 5. The van der Waals surface area contributed by atoms with E-state index in [1.807, 2.05) is 6.92 Å². The molecule has 2 rings (SSSR count). The molecule has 7 heteroatoms. The van der Waals surface area contributed by atoms with E-state index in [2.05, 4.69) is 16.0 Å². The average Bonchev–Trinajstić information content (AvgIpc) is 3.08. The van der Waals surface area contributed by atoms with Gasteiger partial charge in [0.25, 0.3) is 5.91 Å². The molecule has 1 aromatic heterocycles. The van der Waals surface area contributed by atoms with E-state index in [-0.39, 0.29) is 17.9 Å². The molecule has 1 aliphatic heterocycles. The van der Waals surface area contributed by atoms with Crippen molar-refractivity contribution in [3.05, 3.63) is 23.7 Å². The van der Waals surface area contributed by atoms with Gasteiger partial charge in [0.1, 0.15) is 0 Å². The first-order chi connectivity index (χ1) is 9.68. The van der Waals surface area contributed by atoms with Gasteiger partial charge in [0, 0.05) is 30.3 Å². The highest BCUT2D eigenvalue weighted by molar-refractivity contribution is 7.99. The van der Waals surface area contributed by atoms with Gasteiger partial charge in [-0.3, -0.25) is 14.9 Å². The Morgan fingerprint density at radius 2 is 2.25 bits per heavy atom. The standard InChI is InChI=1S/C13H19N3O3S/c1-9-3-6-19-11(9)13(18)15-5-2-4-14-12(17)10-7-20-8-16-10/h3,6,10,16H,2,4-5,7-8H2,1H3,(H,14,17)(H,15,18). The molecular formula is C13H19N3O3S. The SMILES string of the molecule is Cc1ccoc1C(=O)NCCCNC(=O)C1CSCN1. The van der Waals surface area contributed by atoms with Gasteiger partial charge in [-0.25, -0.2) is 0 Å². The van der Waals surface area contributed by atoms with Crippen LogP contribution >= 0.6 is 11.8 Å². The Morgan fingerprint density at radius 3 is 2.90 bits per heavy atom. The van der Waals surface area contributed by atoms with Crippen LogP contribution in [-0.2, 0) is 4.79 Å². The number of furan rings is 1. The molecule has 1 unspecified atom stereocenters. The number of rotatable bonds is 6. The van der Waals surface area contributed by atoms with E-state index in [4.69, 9.17) is 4.42 Å². The van der Waals surface area contributed by atoms with E-state index in [1.165, 1.54) is 6.26 Å². The third kappa shape index (κ3) is 4.01. The van der Waals surface area contributed by atoms with Crippen molar-refractivity contribution in [3.8, 4) is 0 Å². The van der Waals surface area contributed by atoms with Gasteiger partial charge in [-0.05, 0) is 19.4 Å². The van der Waals surface area contributed by atoms with Crippen molar-refractivity contribution in [2.75, 3.05) is 24.7 Å². The number of thioether (sulfide) groups is 1. The third-order valence-corrected chi connectivity index (χ3v) is 3.98. The van der Waals surface area contributed by atoms with Crippen LogP contribution in [0.25, 0.3) is 0 Å². The van der Waals surface area contributed by atoms with Gasteiger partial charge in [-0.2, -0.15) is 0 Å². The average molecular weight is 297 g/mol. The molecule has 110 valence electrons. The number of amides is 2. The molecule has 1 atom stereocenters. The maximum Gasteiger partial charge on any atom is 0.287 e. The number of hydrogen-bond donors (Lipinski definition) is 3. The Hall–Kier alpha value is -1.47. The zero-order valence-electron chi connectivity index (χ0n) is 11.4. The molecule has 0 bridgehead atoms.